The number of hydrogen-bond donors (Lipinski definition) is 0. The van der Waals surface area contributed by atoms with Gasteiger partial charge in [0.1, 0.15) is 6.29 Å². The van der Waals surface area contributed by atoms with Crippen molar-refractivity contribution in [1.29, 1.82) is 0 Å². The van der Waals surface area contributed by atoms with E-state index in [0.717, 1.165) is 12.3 Å². The number of hydrogen-bond acceptors (Lipinski definition) is 2. The molecule has 0 aliphatic carbocycles. The molecule has 0 aromatic heterocycles. The minimum Gasteiger partial charge on any atom is -0.490 e. The fraction of sp³-hybridized carbons (Fsp3) is 0.625. The van der Waals surface area contributed by atoms with Gasteiger partial charge in [0.25, 0.3) is 0 Å². The molecule has 1 aliphatic rings. The van der Waals surface area contributed by atoms with Crippen LogP contribution in [0.3, 0.4) is 0 Å². The fourth-order valence-corrected chi connectivity index (χ4v) is 1.26. The van der Waals surface area contributed by atoms with E-state index in [1.165, 1.54) is 0 Å². The normalized spacial score (nSPS) is 24.8. The van der Waals surface area contributed by atoms with Gasteiger partial charge < -0.3 is 9.69 Å². The van der Waals surface area contributed by atoms with Crippen LogP contribution in [0.25, 0.3) is 0 Å². The SMILES string of the molecule is C[C-](C)N1CC(C=O)CC1=O. The van der Waals surface area contributed by atoms with Gasteiger partial charge >= 0.3 is 0 Å². The Balaban J connectivity index is 2.58. The van der Waals surface area contributed by atoms with Crippen LogP contribution in [-0.4, -0.2) is 23.6 Å². The van der Waals surface area contributed by atoms with Gasteiger partial charge in [-0.15, -0.1) is 0 Å². The summed E-state index contributed by atoms with van der Waals surface area (Å²) in [6.45, 7) is 4.33. The number of amides is 1. The lowest BCUT2D eigenvalue weighted by Gasteiger charge is -2.34. The first-order valence-corrected chi connectivity index (χ1v) is 3.71. The summed E-state index contributed by atoms with van der Waals surface area (Å²) in [5.74, 6) is -0.0144. The molecular weight excluding hydrogens is 142 g/mol. The molecule has 1 amide bonds. The van der Waals surface area contributed by atoms with Crippen LogP contribution in [0.2, 0.25) is 0 Å². The Morgan fingerprint density at radius 1 is 1.64 bits per heavy atom. The van der Waals surface area contributed by atoms with E-state index in [2.05, 4.69) is 0 Å². The Labute approximate surface area is 66.4 Å². The predicted octanol–water partition coefficient (Wildman–Crippen LogP) is 0.606. The van der Waals surface area contributed by atoms with E-state index >= 15 is 0 Å². The van der Waals surface area contributed by atoms with Crippen LogP contribution >= 0.6 is 0 Å². The van der Waals surface area contributed by atoms with E-state index in [-0.39, 0.29) is 11.8 Å². The van der Waals surface area contributed by atoms with Gasteiger partial charge in [0.05, 0.1) is 0 Å². The summed E-state index contributed by atoms with van der Waals surface area (Å²) in [5.41, 5.74) is 0. The summed E-state index contributed by atoms with van der Waals surface area (Å²) in [5, 5.41) is 0. The van der Waals surface area contributed by atoms with E-state index in [9.17, 15) is 9.59 Å². The quantitative estimate of drug-likeness (QED) is 0.431. The topological polar surface area (TPSA) is 37.4 Å². The number of carbonyl (C=O) groups is 2. The van der Waals surface area contributed by atoms with Crippen LogP contribution in [-0.2, 0) is 9.59 Å². The number of aldehydes is 1. The Bertz CT molecular complexity index is 177. The smallest absolute Gasteiger partial charge is 0.194 e. The summed E-state index contributed by atoms with van der Waals surface area (Å²) in [4.78, 5) is 23.1. The van der Waals surface area contributed by atoms with Crippen LogP contribution in [0, 0.1) is 12.0 Å². The molecule has 0 radical (unpaired) electrons. The highest BCUT2D eigenvalue weighted by molar-refractivity contribution is 5.83. The average molecular weight is 154 g/mol. The molecular formula is C8H12NO2-. The second-order valence-corrected chi connectivity index (χ2v) is 3.05. The molecule has 0 aromatic rings. The zero-order valence-corrected chi connectivity index (χ0v) is 6.83. The molecule has 11 heavy (non-hydrogen) atoms. The average Bonchev–Trinajstić information content (AvgIpc) is 2.30. The minimum atomic E-state index is -0.0857. The standard InChI is InChI=1S/C8H12NO2/c1-6(2)9-4-7(5-10)3-8(9)11/h5,7H,3-4H2,1-2H3/q-1. The summed E-state index contributed by atoms with van der Waals surface area (Å²) in [6.07, 6.45) is 1.25. The predicted molar refractivity (Wildman–Crippen MR) is 40.5 cm³/mol. The Morgan fingerprint density at radius 2 is 2.27 bits per heavy atom. The van der Waals surface area contributed by atoms with Crippen molar-refractivity contribution >= 4 is 12.2 Å². The third-order valence-electron chi connectivity index (χ3n) is 1.89. The van der Waals surface area contributed by atoms with Gasteiger partial charge in [0.2, 0.25) is 0 Å². The van der Waals surface area contributed by atoms with Crippen LogP contribution in [0.5, 0.6) is 0 Å². The van der Waals surface area contributed by atoms with Gasteiger partial charge in [-0.1, -0.05) is 0 Å². The van der Waals surface area contributed by atoms with E-state index in [1.807, 2.05) is 13.8 Å². The second kappa shape index (κ2) is 3.03. The number of carbonyl (C=O) groups excluding carboxylic acids is 2. The molecule has 0 N–H and O–H groups in total. The maximum absolute atomic E-state index is 11.1. The Morgan fingerprint density at radius 3 is 2.55 bits per heavy atom. The van der Waals surface area contributed by atoms with E-state index in [0.29, 0.717) is 13.0 Å². The third-order valence-corrected chi connectivity index (χ3v) is 1.89. The first kappa shape index (κ1) is 8.24. The van der Waals surface area contributed by atoms with E-state index < -0.39 is 0 Å². The van der Waals surface area contributed by atoms with E-state index in [4.69, 9.17) is 0 Å². The largest absolute Gasteiger partial charge is 0.490 e. The zero-order valence-electron chi connectivity index (χ0n) is 6.83. The molecule has 1 rings (SSSR count). The first-order valence-electron chi connectivity index (χ1n) is 3.71. The van der Waals surface area contributed by atoms with Crippen molar-refractivity contribution in [2.24, 2.45) is 5.92 Å². The molecule has 0 aromatic carbocycles. The van der Waals surface area contributed by atoms with E-state index in [1.54, 1.807) is 4.90 Å². The summed E-state index contributed by atoms with van der Waals surface area (Å²) >= 11 is 0. The van der Waals surface area contributed by atoms with Gasteiger partial charge in [0.15, 0.2) is 5.91 Å². The third kappa shape index (κ3) is 1.59. The van der Waals surface area contributed by atoms with Crippen molar-refractivity contribution in [1.82, 2.24) is 4.90 Å². The highest BCUT2D eigenvalue weighted by Gasteiger charge is 2.24. The molecule has 3 nitrogen and oxygen atoms in total. The molecule has 1 saturated heterocycles. The number of nitrogens with zero attached hydrogens (tertiary/aromatic N) is 1. The van der Waals surface area contributed by atoms with Gasteiger partial charge in [-0.3, -0.25) is 4.79 Å². The molecule has 0 bridgehead atoms. The summed E-state index contributed by atoms with van der Waals surface area (Å²) in [7, 11) is 0. The van der Waals surface area contributed by atoms with Gasteiger partial charge in [-0.05, 0) is 0 Å². The molecule has 1 unspecified atom stereocenters. The van der Waals surface area contributed by atoms with Crippen molar-refractivity contribution in [2.75, 3.05) is 6.54 Å². The Hall–Kier alpha value is -0.860. The second-order valence-electron chi connectivity index (χ2n) is 3.05. The molecule has 1 aliphatic heterocycles. The van der Waals surface area contributed by atoms with Crippen LogP contribution < -0.4 is 0 Å². The van der Waals surface area contributed by atoms with Crippen LogP contribution in [0.1, 0.15) is 20.3 Å². The summed E-state index contributed by atoms with van der Waals surface area (Å²) < 4.78 is 0. The van der Waals surface area contributed by atoms with Gasteiger partial charge in [0, 0.05) is 18.9 Å². The summed E-state index contributed by atoms with van der Waals surface area (Å²) in [6, 6.07) is 0.972. The lowest BCUT2D eigenvalue weighted by molar-refractivity contribution is -0.127. The molecule has 1 fully saturated rings. The first-order chi connectivity index (χ1) is 5.15. The Kier molecular flexibility index (Phi) is 2.27. The van der Waals surface area contributed by atoms with Crippen molar-refractivity contribution in [2.45, 2.75) is 20.3 Å². The van der Waals surface area contributed by atoms with Crippen LogP contribution in [0.4, 0.5) is 0 Å². The molecule has 1 heterocycles. The molecule has 3 heteroatoms. The highest BCUT2D eigenvalue weighted by atomic mass is 16.2. The minimum absolute atomic E-state index is 0.0714. The maximum atomic E-state index is 11.1. The van der Waals surface area contributed by atoms with Gasteiger partial charge in [-0.2, -0.15) is 13.8 Å². The van der Waals surface area contributed by atoms with Crippen molar-refractivity contribution < 1.29 is 9.59 Å². The lowest BCUT2D eigenvalue weighted by Crippen LogP contribution is -2.26. The molecule has 0 saturated carbocycles. The van der Waals surface area contributed by atoms with Crippen molar-refractivity contribution in [3.05, 3.63) is 6.04 Å². The van der Waals surface area contributed by atoms with Crippen molar-refractivity contribution in [3.8, 4) is 0 Å². The van der Waals surface area contributed by atoms with Crippen molar-refractivity contribution in [3.63, 3.8) is 0 Å². The number of likely N-dealkylation sites (tertiary alicyclic amines) is 1. The maximum Gasteiger partial charge on any atom is 0.194 e. The van der Waals surface area contributed by atoms with Crippen LogP contribution in [0.15, 0.2) is 0 Å². The monoisotopic (exact) mass is 154 g/mol. The molecule has 0 spiro atoms. The van der Waals surface area contributed by atoms with Gasteiger partial charge in [-0.25, -0.2) is 6.04 Å². The molecule has 62 valence electrons. The molecule has 1 atom stereocenters. The number of rotatable bonds is 2. The zero-order chi connectivity index (χ0) is 8.43. The highest BCUT2D eigenvalue weighted by Crippen LogP contribution is 2.20. The fourth-order valence-electron chi connectivity index (χ4n) is 1.26. The lowest BCUT2D eigenvalue weighted by atomic mass is 10.1.